The van der Waals surface area contributed by atoms with Gasteiger partial charge in [0.1, 0.15) is 0 Å². The molecule has 0 saturated heterocycles. The molecule has 0 bridgehead atoms. The fraction of sp³-hybridized carbons (Fsp3) is 1.00. The molecule has 0 rings (SSSR count). The highest BCUT2D eigenvalue weighted by atomic mass is 16.3. The minimum Gasteiger partial charge on any atom is -0.392 e. The quantitative estimate of drug-likeness (QED) is 0.619. The van der Waals surface area contributed by atoms with E-state index < -0.39 is 0 Å². The molecule has 0 aliphatic rings. The molecule has 3 N–H and O–H groups in total. The number of nitrogens with zero attached hydrogens (tertiary/aromatic N) is 1. The third-order valence-corrected chi connectivity index (χ3v) is 2.34. The van der Waals surface area contributed by atoms with Crippen molar-refractivity contribution in [3.63, 3.8) is 0 Å². The molecule has 3 heteroatoms. The van der Waals surface area contributed by atoms with Crippen LogP contribution in [-0.2, 0) is 0 Å². The third kappa shape index (κ3) is 8.48. The first kappa shape index (κ1) is 13.9. The zero-order chi connectivity index (χ0) is 11.0. The third-order valence-electron chi connectivity index (χ3n) is 2.34. The highest BCUT2D eigenvalue weighted by Crippen LogP contribution is 2.04. The van der Waals surface area contributed by atoms with E-state index >= 15 is 0 Å². The maximum Gasteiger partial charge on any atom is 0.0679 e. The molecule has 0 radical (unpaired) electrons. The first-order valence-corrected chi connectivity index (χ1v) is 5.63. The van der Waals surface area contributed by atoms with Crippen molar-refractivity contribution in [1.29, 1.82) is 0 Å². The van der Waals surface area contributed by atoms with Crippen molar-refractivity contribution in [3.8, 4) is 0 Å². The van der Waals surface area contributed by atoms with E-state index in [4.69, 9.17) is 5.73 Å². The van der Waals surface area contributed by atoms with E-state index in [0.29, 0.717) is 13.0 Å². The summed E-state index contributed by atoms with van der Waals surface area (Å²) in [6.45, 7) is 6.86. The van der Waals surface area contributed by atoms with Crippen molar-refractivity contribution in [2.75, 3.05) is 26.7 Å². The zero-order valence-electron chi connectivity index (χ0n) is 9.87. The van der Waals surface area contributed by atoms with Crippen molar-refractivity contribution < 1.29 is 5.11 Å². The molecule has 0 aliphatic heterocycles. The Morgan fingerprint density at radius 1 is 1.29 bits per heavy atom. The molecule has 0 spiro atoms. The van der Waals surface area contributed by atoms with Crippen LogP contribution in [0.15, 0.2) is 0 Å². The largest absolute Gasteiger partial charge is 0.392 e. The van der Waals surface area contributed by atoms with Gasteiger partial charge in [-0.2, -0.15) is 0 Å². The van der Waals surface area contributed by atoms with Gasteiger partial charge in [0.05, 0.1) is 6.10 Å². The van der Waals surface area contributed by atoms with Crippen LogP contribution in [0.3, 0.4) is 0 Å². The van der Waals surface area contributed by atoms with Crippen LogP contribution in [0.2, 0.25) is 0 Å². The van der Waals surface area contributed by atoms with Crippen molar-refractivity contribution in [2.45, 2.75) is 39.2 Å². The molecule has 3 nitrogen and oxygen atoms in total. The monoisotopic (exact) mass is 202 g/mol. The van der Waals surface area contributed by atoms with Crippen molar-refractivity contribution in [2.24, 2.45) is 11.7 Å². The van der Waals surface area contributed by atoms with Gasteiger partial charge in [0, 0.05) is 6.54 Å². The van der Waals surface area contributed by atoms with E-state index in [1.54, 1.807) is 0 Å². The minimum atomic E-state index is -0.260. The van der Waals surface area contributed by atoms with Crippen LogP contribution in [0.25, 0.3) is 0 Å². The van der Waals surface area contributed by atoms with Crippen LogP contribution in [-0.4, -0.2) is 42.8 Å². The SMILES string of the molecule is CC(C)CCCN(C)CC(O)CCN. The Morgan fingerprint density at radius 3 is 2.43 bits per heavy atom. The van der Waals surface area contributed by atoms with Crippen molar-refractivity contribution in [1.82, 2.24) is 4.90 Å². The van der Waals surface area contributed by atoms with Gasteiger partial charge in [-0.05, 0) is 45.3 Å². The first-order chi connectivity index (χ1) is 6.56. The molecule has 0 amide bonds. The Kier molecular flexibility index (Phi) is 8.14. The smallest absolute Gasteiger partial charge is 0.0679 e. The van der Waals surface area contributed by atoms with Crippen LogP contribution in [0, 0.1) is 5.92 Å². The number of rotatable bonds is 8. The Bertz CT molecular complexity index is 128. The zero-order valence-corrected chi connectivity index (χ0v) is 9.87. The number of nitrogens with two attached hydrogens (primary N) is 1. The van der Waals surface area contributed by atoms with Crippen LogP contribution < -0.4 is 5.73 Å². The molecule has 0 aliphatic carbocycles. The van der Waals surface area contributed by atoms with Gasteiger partial charge in [-0.25, -0.2) is 0 Å². The summed E-state index contributed by atoms with van der Waals surface area (Å²) >= 11 is 0. The maximum absolute atomic E-state index is 9.51. The molecule has 0 fully saturated rings. The summed E-state index contributed by atoms with van der Waals surface area (Å²) in [5.74, 6) is 0.775. The normalized spacial score (nSPS) is 13.9. The van der Waals surface area contributed by atoms with E-state index in [0.717, 1.165) is 19.0 Å². The molecular formula is C11H26N2O. The fourth-order valence-electron chi connectivity index (χ4n) is 1.50. The lowest BCUT2D eigenvalue weighted by Crippen LogP contribution is -2.31. The number of likely N-dealkylation sites (N-methyl/N-ethyl adjacent to an activating group) is 1. The van der Waals surface area contributed by atoms with E-state index in [-0.39, 0.29) is 6.10 Å². The molecule has 86 valence electrons. The number of aliphatic hydroxyl groups is 1. The minimum absolute atomic E-state index is 0.260. The van der Waals surface area contributed by atoms with Gasteiger partial charge in [0.25, 0.3) is 0 Å². The van der Waals surface area contributed by atoms with Crippen LogP contribution in [0.5, 0.6) is 0 Å². The molecular weight excluding hydrogens is 176 g/mol. The molecule has 0 saturated carbocycles. The molecule has 0 aromatic rings. The lowest BCUT2D eigenvalue weighted by molar-refractivity contribution is 0.118. The number of aliphatic hydroxyl groups excluding tert-OH is 1. The van der Waals surface area contributed by atoms with Gasteiger partial charge < -0.3 is 15.7 Å². The van der Waals surface area contributed by atoms with Crippen molar-refractivity contribution in [3.05, 3.63) is 0 Å². The Labute approximate surface area is 88.3 Å². The van der Waals surface area contributed by atoms with Crippen LogP contribution in [0.1, 0.15) is 33.1 Å². The summed E-state index contributed by atoms with van der Waals surface area (Å²) in [5.41, 5.74) is 5.37. The maximum atomic E-state index is 9.51. The highest BCUT2D eigenvalue weighted by Gasteiger charge is 2.06. The fourth-order valence-corrected chi connectivity index (χ4v) is 1.50. The number of hydrogen-bond donors (Lipinski definition) is 2. The first-order valence-electron chi connectivity index (χ1n) is 5.63. The van der Waals surface area contributed by atoms with Gasteiger partial charge in [-0.1, -0.05) is 13.8 Å². The molecule has 14 heavy (non-hydrogen) atoms. The molecule has 0 aromatic heterocycles. The van der Waals surface area contributed by atoms with E-state index in [1.807, 2.05) is 0 Å². The van der Waals surface area contributed by atoms with Gasteiger partial charge in [0.2, 0.25) is 0 Å². The van der Waals surface area contributed by atoms with E-state index in [1.165, 1.54) is 12.8 Å². The second-order valence-electron chi connectivity index (χ2n) is 4.53. The highest BCUT2D eigenvalue weighted by molar-refractivity contribution is 4.62. The predicted molar refractivity (Wildman–Crippen MR) is 61.2 cm³/mol. The summed E-state index contributed by atoms with van der Waals surface area (Å²) in [4.78, 5) is 2.18. The summed E-state index contributed by atoms with van der Waals surface area (Å²) in [7, 11) is 2.06. The van der Waals surface area contributed by atoms with Gasteiger partial charge in [-0.3, -0.25) is 0 Å². The average Bonchev–Trinajstić information content (AvgIpc) is 2.03. The molecule has 0 aromatic carbocycles. The number of hydrogen-bond acceptors (Lipinski definition) is 3. The summed E-state index contributed by atoms with van der Waals surface area (Å²) in [5, 5.41) is 9.51. The Morgan fingerprint density at radius 2 is 1.93 bits per heavy atom. The van der Waals surface area contributed by atoms with Crippen molar-refractivity contribution >= 4 is 0 Å². The van der Waals surface area contributed by atoms with Gasteiger partial charge in [-0.15, -0.1) is 0 Å². The van der Waals surface area contributed by atoms with E-state index in [9.17, 15) is 5.11 Å². The standard InChI is InChI=1S/C11H26N2O/c1-10(2)5-4-8-13(3)9-11(14)6-7-12/h10-11,14H,4-9,12H2,1-3H3. The van der Waals surface area contributed by atoms with E-state index in [2.05, 4.69) is 25.8 Å². The summed E-state index contributed by atoms with van der Waals surface area (Å²) in [6.07, 6.45) is 2.92. The second kappa shape index (κ2) is 8.21. The van der Waals surface area contributed by atoms with Gasteiger partial charge in [0.15, 0.2) is 0 Å². The van der Waals surface area contributed by atoms with Gasteiger partial charge >= 0.3 is 0 Å². The lowest BCUT2D eigenvalue weighted by atomic mass is 10.1. The Hall–Kier alpha value is -0.120. The summed E-state index contributed by atoms with van der Waals surface area (Å²) in [6, 6.07) is 0. The topological polar surface area (TPSA) is 49.5 Å². The molecule has 1 unspecified atom stereocenters. The Balaban J connectivity index is 3.39. The lowest BCUT2D eigenvalue weighted by Gasteiger charge is -2.20. The van der Waals surface area contributed by atoms with Crippen LogP contribution >= 0.6 is 0 Å². The van der Waals surface area contributed by atoms with Crippen LogP contribution in [0.4, 0.5) is 0 Å². The second-order valence-corrected chi connectivity index (χ2v) is 4.53. The summed E-state index contributed by atoms with van der Waals surface area (Å²) < 4.78 is 0. The predicted octanol–water partition coefficient (Wildman–Crippen LogP) is 1.06. The average molecular weight is 202 g/mol. The molecule has 0 heterocycles. The molecule has 1 atom stereocenters.